The summed E-state index contributed by atoms with van der Waals surface area (Å²) in [6, 6.07) is 0.822. The standard InChI is InChI=1S/C11H16N2O5S2/c1-13(7-5-12-6-8(7)14)20(16,17)9-3-4-19-10(9)11(15)18-2/h3-4,7-8,12,14H,5-6H2,1-2H3/t7-,8-/m0/s1. The molecular weight excluding hydrogens is 304 g/mol. The van der Waals surface area contributed by atoms with Crippen LogP contribution in [-0.2, 0) is 14.8 Å². The highest BCUT2D eigenvalue weighted by molar-refractivity contribution is 7.89. The van der Waals surface area contributed by atoms with Crippen LogP contribution in [0.3, 0.4) is 0 Å². The number of aliphatic hydroxyl groups excluding tert-OH is 1. The first-order valence-electron chi connectivity index (χ1n) is 5.92. The van der Waals surface area contributed by atoms with Crippen molar-refractivity contribution in [1.82, 2.24) is 9.62 Å². The zero-order valence-electron chi connectivity index (χ0n) is 11.1. The highest BCUT2D eigenvalue weighted by Gasteiger charge is 2.37. The number of esters is 1. The van der Waals surface area contributed by atoms with Crippen molar-refractivity contribution in [2.75, 3.05) is 27.2 Å². The van der Waals surface area contributed by atoms with Crippen molar-refractivity contribution in [3.8, 4) is 0 Å². The maximum atomic E-state index is 12.6. The number of aliphatic hydroxyl groups is 1. The summed E-state index contributed by atoms with van der Waals surface area (Å²) in [6.07, 6.45) is -0.769. The van der Waals surface area contributed by atoms with Gasteiger partial charge in [0.15, 0.2) is 0 Å². The Morgan fingerprint density at radius 1 is 1.55 bits per heavy atom. The largest absolute Gasteiger partial charge is 0.465 e. The van der Waals surface area contributed by atoms with E-state index in [-0.39, 0.29) is 9.77 Å². The quantitative estimate of drug-likeness (QED) is 0.725. The van der Waals surface area contributed by atoms with E-state index in [9.17, 15) is 18.3 Å². The summed E-state index contributed by atoms with van der Waals surface area (Å²) in [5.74, 6) is -0.683. The molecule has 0 aliphatic carbocycles. The van der Waals surface area contributed by atoms with Gasteiger partial charge in [0.2, 0.25) is 10.0 Å². The van der Waals surface area contributed by atoms with Crippen molar-refractivity contribution in [2.24, 2.45) is 0 Å². The lowest BCUT2D eigenvalue weighted by atomic mass is 10.2. The molecular formula is C11H16N2O5S2. The number of nitrogens with one attached hydrogen (secondary N) is 1. The Hall–Kier alpha value is -1.00. The fourth-order valence-electron chi connectivity index (χ4n) is 2.10. The number of likely N-dealkylation sites (N-methyl/N-ethyl adjacent to an activating group) is 1. The van der Waals surface area contributed by atoms with Crippen molar-refractivity contribution in [3.05, 3.63) is 16.3 Å². The Morgan fingerprint density at radius 3 is 2.80 bits per heavy atom. The molecule has 0 spiro atoms. The number of ether oxygens (including phenoxy) is 1. The van der Waals surface area contributed by atoms with Gasteiger partial charge in [0.25, 0.3) is 0 Å². The summed E-state index contributed by atoms with van der Waals surface area (Å²) in [5.41, 5.74) is 0. The number of methoxy groups -OCH3 is 1. The average molecular weight is 320 g/mol. The van der Waals surface area contributed by atoms with E-state index in [1.54, 1.807) is 0 Å². The molecule has 1 aromatic rings. The second-order valence-corrected chi connectivity index (χ2v) is 7.30. The molecule has 2 N–H and O–H groups in total. The number of rotatable bonds is 4. The Bertz CT molecular complexity index is 598. The molecule has 0 unspecified atom stereocenters. The number of thiophene rings is 1. The molecule has 20 heavy (non-hydrogen) atoms. The summed E-state index contributed by atoms with van der Waals surface area (Å²) in [4.78, 5) is 11.5. The first kappa shape index (κ1) is 15.4. The van der Waals surface area contributed by atoms with Crippen molar-refractivity contribution in [2.45, 2.75) is 17.0 Å². The molecule has 0 saturated carbocycles. The predicted molar refractivity (Wildman–Crippen MR) is 73.3 cm³/mol. The van der Waals surface area contributed by atoms with E-state index in [1.165, 1.54) is 25.6 Å². The van der Waals surface area contributed by atoms with Crippen LogP contribution in [0, 0.1) is 0 Å². The second-order valence-electron chi connectivity index (χ2n) is 4.42. The summed E-state index contributed by atoms with van der Waals surface area (Å²) < 4.78 is 30.8. The van der Waals surface area contributed by atoms with Crippen LogP contribution in [0.15, 0.2) is 16.3 Å². The minimum absolute atomic E-state index is 0.0415. The van der Waals surface area contributed by atoms with Gasteiger partial charge in [-0.2, -0.15) is 4.31 Å². The molecule has 1 aromatic heterocycles. The molecule has 0 aromatic carbocycles. The lowest BCUT2D eigenvalue weighted by molar-refractivity contribution is 0.0602. The molecule has 0 bridgehead atoms. The molecule has 7 nitrogen and oxygen atoms in total. The van der Waals surface area contributed by atoms with Crippen LogP contribution in [0.4, 0.5) is 0 Å². The summed E-state index contributed by atoms with van der Waals surface area (Å²) in [6.45, 7) is 0.715. The van der Waals surface area contributed by atoms with Crippen molar-refractivity contribution in [1.29, 1.82) is 0 Å². The summed E-state index contributed by atoms with van der Waals surface area (Å²) in [7, 11) is -1.26. The van der Waals surface area contributed by atoms with Crippen molar-refractivity contribution in [3.63, 3.8) is 0 Å². The van der Waals surface area contributed by atoms with Crippen LogP contribution in [0.1, 0.15) is 9.67 Å². The van der Waals surface area contributed by atoms with E-state index in [1.807, 2.05) is 0 Å². The van der Waals surface area contributed by atoms with Gasteiger partial charge in [0, 0.05) is 20.1 Å². The molecule has 1 aliphatic rings. The summed E-state index contributed by atoms with van der Waals surface area (Å²) >= 11 is 1.01. The Balaban J connectivity index is 2.35. The van der Waals surface area contributed by atoms with E-state index in [2.05, 4.69) is 10.1 Å². The van der Waals surface area contributed by atoms with Gasteiger partial charge >= 0.3 is 5.97 Å². The number of hydrogen-bond acceptors (Lipinski definition) is 7. The second kappa shape index (κ2) is 5.78. The molecule has 2 rings (SSSR count). The van der Waals surface area contributed by atoms with E-state index >= 15 is 0 Å². The Kier molecular flexibility index (Phi) is 4.45. The topological polar surface area (TPSA) is 95.9 Å². The van der Waals surface area contributed by atoms with Gasteiger partial charge in [-0.05, 0) is 11.4 Å². The number of carbonyl (C=O) groups excluding carboxylic acids is 1. The summed E-state index contributed by atoms with van der Waals surface area (Å²) in [5, 5.41) is 14.2. The van der Waals surface area contributed by atoms with Gasteiger partial charge in [-0.15, -0.1) is 11.3 Å². The fraction of sp³-hybridized carbons (Fsp3) is 0.545. The third-order valence-electron chi connectivity index (χ3n) is 3.28. The molecule has 112 valence electrons. The highest BCUT2D eigenvalue weighted by atomic mass is 32.2. The number of nitrogens with zero attached hydrogens (tertiary/aromatic N) is 1. The first-order chi connectivity index (χ1) is 9.39. The van der Waals surface area contributed by atoms with Gasteiger partial charge < -0.3 is 15.2 Å². The smallest absolute Gasteiger partial charge is 0.349 e. The maximum absolute atomic E-state index is 12.6. The maximum Gasteiger partial charge on any atom is 0.349 e. The van der Waals surface area contributed by atoms with Gasteiger partial charge in [0.1, 0.15) is 9.77 Å². The molecule has 1 saturated heterocycles. The van der Waals surface area contributed by atoms with Gasteiger partial charge in [-0.1, -0.05) is 0 Å². The fourth-order valence-corrected chi connectivity index (χ4v) is 4.79. The van der Waals surface area contributed by atoms with Crippen LogP contribution in [-0.4, -0.2) is 63.2 Å². The van der Waals surface area contributed by atoms with Crippen LogP contribution >= 0.6 is 11.3 Å². The molecule has 2 heterocycles. The van der Waals surface area contributed by atoms with Crippen LogP contribution in [0.2, 0.25) is 0 Å². The number of sulfonamides is 1. The van der Waals surface area contributed by atoms with Crippen molar-refractivity contribution >= 4 is 27.3 Å². The minimum Gasteiger partial charge on any atom is -0.465 e. The zero-order valence-corrected chi connectivity index (χ0v) is 12.7. The van der Waals surface area contributed by atoms with Crippen LogP contribution < -0.4 is 5.32 Å². The average Bonchev–Trinajstić information content (AvgIpc) is 3.05. The van der Waals surface area contributed by atoms with Gasteiger partial charge in [-0.25, -0.2) is 13.2 Å². The van der Waals surface area contributed by atoms with Crippen LogP contribution in [0.25, 0.3) is 0 Å². The van der Waals surface area contributed by atoms with E-state index < -0.39 is 28.1 Å². The van der Waals surface area contributed by atoms with Gasteiger partial charge in [-0.3, -0.25) is 0 Å². The SMILES string of the molecule is COC(=O)c1sccc1S(=O)(=O)N(C)[C@H]1CNC[C@@H]1O. The number of β-amino-alcohol motifs (C(OH)–C–C–N with tert-alkyl or cyclic N) is 1. The van der Waals surface area contributed by atoms with E-state index in [4.69, 9.17) is 0 Å². The molecule has 1 aliphatic heterocycles. The highest BCUT2D eigenvalue weighted by Crippen LogP contribution is 2.27. The first-order valence-corrected chi connectivity index (χ1v) is 8.24. The monoisotopic (exact) mass is 320 g/mol. The molecule has 2 atom stereocenters. The third-order valence-corrected chi connectivity index (χ3v) is 6.22. The lowest BCUT2D eigenvalue weighted by Gasteiger charge is -2.25. The predicted octanol–water partition coefficient (Wildman–Crippen LogP) is -0.512. The zero-order chi connectivity index (χ0) is 14.9. The number of carbonyl (C=O) groups is 1. The lowest BCUT2D eigenvalue weighted by Crippen LogP contribution is -2.44. The third kappa shape index (κ3) is 2.59. The van der Waals surface area contributed by atoms with E-state index in [0.29, 0.717) is 13.1 Å². The normalized spacial score (nSPS) is 23.2. The minimum atomic E-state index is -3.85. The van der Waals surface area contributed by atoms with Gasteiger partial charge in [0.05, 0.1) is 19.3 Å². The molecule has 9 heteroatoms. The molecule has 0 radical (unpaired) electrons. The Labute approximate surface area is 121 Å². The molecule has 0 amide bonds. The van der Waals surface area contributed by atoms with Crippen molar-refractivity contribution < 1.29 is 23.1 Å². The number of hydrogen-bond donors (Lipinski definition) is 2. The van der Waals surface area contributed by atoms with E-state index in [0.717, 1.165) is 15.6 Å². The van der Waals surface area contributed by atoms with Crippen LogP contribution in [0.5, 0.6) is 0 Å². The Morgan fingerprint density at radius 2 is 2.25 bits per heavy atom. The molecule has 1 fully saturated rings.